The molecule has 0 bridgehead atoms. The molecule has 1 aromatic rings. The molecule has 0 unspecified atom stereocenters. The van der Waals surface area contributed by atoms with Crippen molar-refractivity contribution >= 4 is 21.7 Å². The van der Waals surface area contributed by atoms with Gasteiger partial charge >= 0.3 is 0 Å². The number of hydrogen-bond acceptors (Lipinski definition) is 2. The Hall–Kier alpha value is -0.830. The molecule has 1 fully saturated rings. The number of rotatable bonds is 3. The quantitative estimate of drug-likeness (QED) is 0.672. The average Bonchev–Trinajstić information content (AvgIpc) is 2.45. The first-order valence-corrected chi connectivity index (χ1v) is 8.50. The molecule has 0 spiro atoms. The van der Waals surface area contributed by atoms with Crippen molar-refractivity contribution in [3.05, 3.63) is 28.2 Å². The zero-order chi connectivity index (χ0) is 15.6. The summed E-state index contributed by atoms with van der Waals surface area (Å²) in [6, 6.07) is 5.65. The van der Waals surface area contributed by atoms with Crippen LogP contribution in [0.25, 0.3) is 0 Å². The molecule has 2 rings (SSSR count). The molecule has 0 atom stereocenters. The van der Waals surface area contributed by atoms with E-state index in [1.807, 2.05) is 18.2 Å². The third-order valence-electron chi connectivity index (χ3n) is 4.75. The van der Waals surface area contributed by atoms with Crippen LogP contribution < -0.4 is 4.74 Å². The maximum atomic E-state index is 12.8. The fourth-order valence-electron chi connectivity index (χ4n) is 3.31. The monoisotopic (exact) mass is 352 g/mol. The fourth-order valence-corrected chi connectivity index (χ4v) is 3.68. The highest BCUT2D eigenvalue weighted by molar-refractivity contribution is 9.10. The molecule has 0 heterocycles. The standard InChI is InChI=1S/C18H25BrO2/c1-18(2,3)13-7-5-12(6-8-13)17(20)15-11-14(19)9-10-16(15)21-4/h9-13H,5-8H2,1-4H3. The molecule has 1 saturated carbocycles. The number of Topliss-reactive ketones (excluding diaryl/α,β-unsaturated/α-hetero) is 1. The molecule has 1 aliphatic carbocycles. The smallest absolute Gasteiger partial charge is 0.169 e. The molecule has 3 heteroatoms. The molecule has 0 aromatic heterocycles. The van der Waals surface area contributed by atoms with Crippen LogP contribution in [0.4, 0.5) is 0 Å². The Morgan fingerprint density at radius 2 is 1.81 bits per heavy atom. The largest absolute Gasteiger partial charge is 0.496 e. The zero-order valence-electron chi connectivity index (χ0n) is 13.4. The third-order valence-corrected chi connectivity index (χ3v) is 5.24. The van der Waals surface area contributed by atoms with Crippen LogP contribution in [0.5, 0.6) is 5.75 Å². The van der Waals surface area contributed by atoms with Crippen LogP contribution in [0, 0.1) is 17.3 Å². The van der Waals surface area contributed by atoms with Crippen molar-refractivity contribution < 1.29 is 9.53 Å². The fraction of sp³-hybridized carbons (Fsp3) is 0.611. The Kier molecular flexibility index (Phi) is 5.13. The van der Waals surface area contributed by atoms with Crippen LogP contribution in [-0.4, -0.2) is 12.9 Å². The van der Waals surface area contributed by atoms with Crippen molar-refractivity contribution in [1.29, 1.82) is 0 Å². The van der Waals surface area contributed by atoms with E-state index in [0.717, 1.165) is 36.1 Å². The van der Waals surface area contributed by atoms with Gasteiger partial charge in [-0.1, -0.05) is 36.7 Å². The number of hydrogen-bond donors (Lipinski definition) is 0. The van der Waals surface area contributed by atoms with Gasteiger partial charge in [-0.15, -0.1) is 0 Å². The van der Waals surface area contributed by atoms with Crippen LogP contribution in [-0.2, 0) is 0 Å². The van der Waals surface area contributed by atoms with E-state index < -0.39 is 0 Å². The summed E-state index contributed by atoms with van der Waals surface area (Å²) in [5.74, 6) is 1.79. The topological polar surface area (TPSA) is 26.3 Å². The lowest BCUT2D eigenvalue weighted by Gasteiger charge is -2.36. The lowest BCUT2D eigenvalue weighted by molar-refractivity contribution is 0.0816. The van der Waals surface area contributed by atoms with Gasteiger partial charge in [0.2, 0.25) is 0 Å². The zero-order valence-corrected chi connectivity index (χ0v) is 15.0. The summed E-state index contributed by atoms with van der Waals surface area (Å²) >= 11 is 3.45. The number of carbonyl (C=O) groups is 1. The number of ketones is 1. The van der Waals surface area contributed by atoms with Gasteiger partial charge in [0.05, 0.1) is 12.7 Å². The third kappa shape index (κ3) is 3.88. The van der Waals surface area contributed by atoms with Crippen molar-refractivity contribution in [2.24, 2.45) is 17.3 Å². The number of halogens is 1. The van der Waals surface area contributed by atoms with E-state index >= 15 is 0 Å². The molecule has 0 aliphatic heterocycles. The lowest BCUT2D eigenvalue weighted by atomic mass is 9.68. The van der Waals surface area contributed by atoms with Gasteiger partial charge in [-0.2, -0.15) is 0 Å². The molecule has 2 nitrogen and oxygen atoms in total. The molecule has 0 N–H and O–H groups in total. The minimum atomic E-state index is 0.145. The second kappa shape index (κ2) is 6.51. The van der Waals surface area contributed by atoms with E-state index in [9.17, 15) is 4.79 Å². The van der Waals surface area contributed by atoms with Crippen LogP contribution in [0.1, 0.15) is 56.8 Å². The van der Waals surface area contributed by atoms with Crippen molar-refractivity contribution in [3.63, 3.8) is 0 Å². The van der Waals surface area contributed by atoms with E-state index in [1.54, 1.807) is 7.11 Å². The lowest BCUT2D eigenvalue weighted by Crippen LogP contribution is -2.29. The number of methoxy groups -OCH3 is 1. The van der Waals surface area contributed by atoms with Gasteiger partial charge in [-0.05, 0) is 55.2 Å². The molecular formula is C18H25BrO2. The molecule has 1 aliphatic rings. The first kappa shape index (κ1) is 16.5. The molecule has 116 valence electrons. The highest BCUT2D eigenvalue weighted by atomic mass is 79.9. The Balaban J connectivity index is 2.11. The predicted molar refractivity (Wildman–Crippen MR) is 89.9 cm³/mol. The summed E-state index contributed by atoms with van der Waals surface area (Å²) in [4.78, 5) is 12.8. The van der Waals surface area contributed by atoms with Crippen LogP contribution in [0.2, 0.25) is 0 Å². The van der Waals surface area contributed by atoms with E-state index in [1.165, 1.54) is 0 Å². The van der Waals surface area contributed by atoms with E-state index in [2.05, 4.69) is 36.7 Å². The van der Waals surface area contributed by atoms with Crippen molar-refractivity contribution in [2.75, 3.05) is 7.11 Å². The van der Waals surface area contributed by atoms with Crippen molar-refractivity contribution in [3.8, 4) is 5.75 Å². The Bertz CT molecular complexity index is 508. The minimum absolute atomic E-state index is 0.145. The van der Waals surface area contributed by atoms with Gasteiger partial charge in [0.15, 0.2) is 5.78 Å². The summed E-state index contributed by atoms with van der Waals surface area (Å²) in [5, 5.41) is 0. The van der Waals surface area contributed by atoms with Gasteiger partial charge in [0, 0.05) is 10.4 Å². The molecule has 0 saturated heterocycles. The minimum Gasteiger partial charge on any atom is -0.496 e. The summed E-state index contributed by atoms with van der Waals surface area (Å²) in [5.41, 5.74) is 1.06. The number of benzene rings is 1. The number of ether oxygens (including phenoxy) is 1. The maximum Gasteiger partial charge on any atom is 0.169 e. The highest BCUT2D eigenvalue weighted by Crippen LogP contribution is 2.41. The first-order valence-electron chi connectivity index (χ1n) is 7.70. The normalized spacial score (nSPS) is 22.9. The second-order valence-electron chi connectivity index (χ2n) is 7.12. The van der Waals surface area contributed by atoms with E-state index in [4.69, 9.17) is 4.74 Å². The highest BCUT2D eigenvalue weighted by Gasteiger charge is 2.33. The molecule has 0 amide bonds. The van der Waals surface area contributed by atoms with Gasteiger partial charge < -0.3 is 4.74 Å². The Labute approximate surface area is 136 Å². The maximum absolute atomic E-state index is 12.8. The molecular weight excluding hydrogens is 328 g/mol. The van der Waals surface area contributed by atoms with E-state index in [-0.39, 0.29) is 11.7 Å². The number of carbonyl (C=O) groups excluding carboxylic acids is 1. The second-order valence-corrected chi connectivity index (χ2v) is 8.04. The average molecular weight is 353 g/mol. The van der Waals surface area contributed by atoms with Crippen LogP contribution in [0.3, 0.4) is 0 Å². The van der Waals surface area contributed by atoms with Crippen LogP contribution in [0.15, 0.2) is 22.7 Å². The predicted octanol–water partition coefficient (Wildman–Crippen LogP) is 5.49. The Morgan fingerprint density at radius 3 is 2.33 bits per heavy atom. The summed E-state index contributed by atoms with van der Waals surface area (Å²) < 4.78 is 6.27. The van der Waals surface area contributed by atoms with E-state index in [0.29, 0.717) is 16.7 Å². The van der Waals surface area contributed by atoms with Crippen LogP contribution >= 0.6 is 15.9 Å². The molecule has 0 radical (unpaired) electrons. The molecule has 1 aromatic carbocycles. The van der Waals surface area contributed by atoms with Gasteiger partial charge in [0.25, 0.3) is 0 Å². The summed E-state index contributed by atoms with van der Waals surface area (Å²) in [6.45, 7) is 6.91. The van der Waals surface area contributed by atoms with Crippen molar-refractivity contribution in [2.45, 2.75) is 46.5 Å². The summed E-state index contributed by atoms with van der Waals surface area (Å²) in [7, 11) is 1.62. The summed E-state index contributed by atoms with van der Waals surface area (Å²) in [6.07, 6.45) is 4.29. The SMILES string of the molecule is COc1ccc(Br)cc1C(=O)C1CCC(C(C)(C)C)CC1. The Morgan fingerprint density at radius 1 is 1.19 bits per heavy atom. The first-order chi connectivity index (χ1) is 9.82. The molecule has 21 heavy (non-hydrogen) atoms. The van der Waals surface area contributed by atoms with Gasteiger partial charge in [0.1, 0.15) is 5.75 Å². The van der Waals surface area contributed by atoms with Gasteiger partial charge in [-0.3, -0.25) is 4.79 Å². The van der Waals surface area contributed by atoms with Gasteiger partial charge in [-0.25, -0.2) is 0 Å². The van der Waals surface area contributed by atoms with Crippen molar-refractivity contribution in [1.82, 2.24) is 0 Å².